The lowest BCUT2D eigenvalue weighted by Gasteiger charge is -2.28. The van der Waals surface area contributed by atoms with Crippen LogP contribution in [0.2, 0.25) is 0 Å². The maximum absolute atomic E-state index is 14.0. The predicted molar refractivity (Wildman–Crippen MR) is 96.5 cm³/mol. The van der Waals surface area contributed by atoms with Crippen molar-refractivity contribution in [3.63, 3.8) is 0 Å². The first-order chi connectivity index (χ1) is 12.2. The van der Waals surface area contributed by atoms with Crippen molar-refractivity contribution in [3.8, 4) is 16.9 Å². The molecule has 25 heavy (non-hydrogen) atoms. The molecule has 1 fully saturated rings. The first-order valence-electron chi connectivity index (χ1n) is 9.25. The van der Waals surface area contributed by atoms with Crippen molar-refractivity contribution in [2.75, 3.05) is 6.61 Å². The second-order valence-corrected chi connectivity index (χ2v) is 7.05. The molecule has 0 unspecified atom stereocenters. The van der Waals surface area contributed by atoms with Crippen LogP contribution >= 0.6 is 0 Å². The summed E-state index contributed by atoms with van der Waals surface area (Å²) in [5.74, 6) is 0.965. The van der Waals surface area contributed by atoms with Crippen molar-refractivity contribution in [2.24, 2.45) is 11.8 Å². The number of hydrogen-bond acceptors (Lipinski definition) is 1. The molecule has 2 aromatic rings. The van der Waals surface area contributed by atoms with Crippen molar-refractivity contribution in [1.29, 1.82) is 0 Å². The van der Waals surface area contributed by atoms with Crippen LogP contribution in [0.1, 0.15) is 45.4 Å². The average molecular weight is 343 g/mol. The molecule has 1 aliphatic carbocycles. The summed E-state index contributed by atoms with van der Waals surface area (Å²) in [4.78, 5) is 0. The van der Waals surface area contributed by atoms with Crippen LogP contribution in [0.3, 0.4) is 0 Å². The van der Waals surface area contributed by atoms with Crippen LogP contribution < -0.4 is 4.74 Å². The Morgan fingerprint density at radius 2 is 1.80 bits per heavy atom. The highest BCUT2D eigenvalue weighted by Crippen LogP contribution is 2.32. The molecule has 2 aromatic carbocycles. The van der Waals surface area contributed by atoms with E-state index in [1.165, 1.54) is 50.7 Å². The molecule has 3 heteroatoms. The molecule has 1 saturated carbocycles. The van der Waals surface area contributed by atoms with E-state index in [4.69, 9.17) is 4.74 Å². The molecule has 133 valence electrons. The molecule has 0 aromatic heterocycles. The Labute approximate surface area is 149 Å². The molecule has 1 radical (unpaired) electrons. The minimum absolute atomic E-state index is 0.375. The fourth-order valence-electron chi connectivity index (χ4n) is 3.72. The highest BCUT2D eigenvalue weighted by atomic mass is 19.1. The Morgan fingerprint density at radius 3 is 2.52 bits per heavy atom. The van der Waals surface area contributed by atoms with E-state index in [9.17, 15) is 8.78 Å². The zero-order chi connectivity index (χ0) is 17.6. The van der Waals surface area contributed by atoms with Gasteiger partial charge in [0.2, 0.25) is 0 Å². The van der Waals surface area contributed by atoms with Gasteiger partial charge in [-0.3, -0.25) is 0 Å². The Morgan fingerprint density at radius 1 is 1.04 bits per heavy atom. The zero-order valence-corrected chi connectivity index (χ0v) is 14.7. The van der Waals surface area contributed by atoms with E-state index >= 15 is 0 Å². The molecule has 3 rings (SSSR count). The molecule has 0 heterocycles. The lowest BCUT2D eigenvalue weighted by atomic mass is 9.80. The third-order valence-electron chi connectivity index (χ3n) is 5.16. The van der Waals surface area contributed by atoms with Crippen LogP contribution in [0.25, 0.3) is 11.1 Å². The summed E-state index contributed by atoms with van der Waals surface area (Å²) in [7, 11) is 0. The summed E-state index contributed by atoms with van der Waals surface area (Å²) in [5, 5.41) is 0. The third-order valence-corrected chi connectivity index (χ3v) is 5.16. The van der Waals surface area contributed by atoms with Gasteiger partial charge in [0.05, 0.1) is 6.61 Å². The van der Waals surface area contributed by atoms with E-state index in [-0.39, 0.29) is 0 Å². The minimum Gasteiger partial charge on any atom is -0.493 e. The number of benzene rings is 2. The van der Waals surface area contributed by atoms with Crippen LogP contribution in [-0.2, 0) is 0 Å². The van der Waals surface area contributed by atoms with Crippen LogP contribution in [0.15, 0.2) is 36.4 Å². The van der Waals surface area contributed by atoms with E-state index in [2.05, 4.69) is 13.0 Å². The first kappa shape index (κ1) is 17.9. The zero-order valence-electron chi connectivity index (χ0n) is 14.7. The minimum atomic E-state index is -0.570. The first-order valence-corrected chi connectivity index (χ1v) is 9.25. The normalized spacial score (nSPS) is 20.4. The second-order valence-electron chi connectivity index (χ2n) is 7.05. The highest BCUT2D eigenvalue weighted by molar-refractivity contribution is 5.65. The molecule has 0 bridgehead atoms. The average Bonchev–Trinajstić information content (AvgIpc) is 2.62. The number of ether oxygens (including phenoxy) is 1. The van der Waals surface area contributed by atoms with Gasteiger partial charge in [0.25, 0.3) is 0 Å². The van der Waals surface area contributed by atoms with Gasteiger partial charge in [-0.1, -0.05) is 38.7 Å². The van der Waals surface area contributed by atoms with E-state index in [1.54, 1.807) is 18.2 Å². The molecule has 0 N–H and O–H groups in total. The molecule has 0 saturated heterocycles. The number of hydrogen-bond donors (Lipinski definition) is 0. The largest absolute Gasteiger partial charge is 0.493 e. The summed E-state index contributed by atoms with van der Waals surface area (Å²) >= 11 is 0. The highest BCUT2D eigenvalue weighted by Gasteiger charge is 2.21. The summed E-state index contributed by atoms with van der Waals surface area (Å²) < 4.78 is 32.9. The molecular weight excluding hydrogens is 318 g/mol. The van der Waals surface area contributed by atoms with Crippen LogP contribution in [0.4, 0.5) is 8.78 Å². The van der Waals surface area contributed by atoms with Gasteiger partial charge in [-0.25, -0.2) is 8.78 Å². The van der Waals surface area contributed by atoms with Gasteiger partial charge in [-0.2, -0.15) is 0 Å². The topological polar surface area (TPSA) is 9.23 Å². The maximum atomic E-state index is 14.0. The summed E-state index contributed by atoms with van der Waals surface area (Å²) in [6.45, 7) is 2.94. The van der Waals surface area contributed by atoms with Gasteiger partial charge < -0.3 is 4.74 Å². The maximum Gasteiger partial charge on any atom is 0.133 e. The van der Waals surface area contributed by atoms with Gasteiger partial charge in [0.15, 0.2) is 0 Å². The van der Waals surface area contributed by atoms with Crippen LogP contribution in [0, 0.1) is 29.5 Å². The lowest BCUT2D eigenvalue weighted by molar-refractivity contribution is 0.178. The van der Waals surface area contributed by atoms with E-state index < -0.39 is 11.6 Å². The SMILES string of the molecule is CCC[C@H]1CC[C@H](COc2[c]ccc(-c3ccc(F)cc3F)c2)CC1. The molecule has 1 nitrogen and oxygen atoms in total. The van der Waals surface area contributed by atoms with Gasteiger partial charge in [-0.05, 0) is 54.5 Å². The third kappa shape index (κ3) is 4.81. The van der Waals surface area contributed by atoms with Gasteiger partial charge >= 0.3 is 0 Å². The van der Waals surface area contributed by atoms with Crippen molar-refractivity contribution in [1.82, 2.24) is 0 Å². The van der Waals surface area contributed by atoms with Crippen molar-refractivity contribution in [2.45, 2.75) is 45.4 Å². The molecule has 0 aliphatic heterocycles. The van der Waals surface area contributed by atoms with Crippen LogP contribution in [0.5, 0.6) is 5.75 Å². The Balaban J connectivity index is 1.59. The van der Waals surface area contributed by atoms with E-state index in [0.717, 1.165) is 12.0 Å². The fourth-order valence-corrected chi connectivity index (χ4v) is 3.72. The molecule has 0 spiro atoms. The summed E-state index contributed by atoms with van der Waals surface area (Å²) in [5.41, 5.74) is 1.05. The fraction of sp³-hybridized carbons (Fsp3) is 0.455. The smallest absolute Gasteiger partial charge is 0.133 e. The van der Waals surface area contributed by atoms with Crippen molar-refractivity contribution < 1.29 is 13.5 Å². The summed E-state index contributed by atoms with van der Waals surface area (Å²) in [6, 6.07) is 12.0. The van der Waals surface area contributed by atoms with Crippen LogP contribution in [-0.4, -0.2) is 6.61 Å². The standard InChI is InChI=1S/C22H25F2O/c1-2-4-16-7-9-17(10-8-16)15-25-20-6-3-5-18(13-20)21-12-11-19(23)14-22(21)24/h3,5,11-14,16-17H,2,4,7-10,15H2,1H3/t16-,17-. The Bertz CT molecular complexity index is 690. The van der Waals surface area contributed by atoms with Gasteiger partial charge in [0, 0.05) is 17.7 Å². The molecule has 1 aliphatic rings. The Kier molecular flexibility index (Phi) is 6.06. The van der Waals surface area contributed by atoms with Crippen molar-refractivity contribution in [3.05, 3.63) is 54.1 Å². The second kappa shape index (κ2) is 8.46. The predicted octanol–water partition coefficient (Wildman–Crippen LogP) is 6.42. The van der Waals surface area contributed by atoms with E-state index in [1.807, 2.05) is 0 Å². The van der Waals surface area contributed by atoms with Gasteiger partial charge in [0.1, 0.15) is 17.4 Å². The number of halogens is 2. The molecule has 0 amide bonds. The lowest BCUT2D eigenvalue weighted by Crippen LogP contribution is -2.20. The number of rotatable bonds is 6. The van der Waals surface area contributed by atoms with E-state index in [0.29, 0.717) is 29.4 Å². The summed E-state index contributed by atoms with van der Waals surface area (Å²) in [6.07, 6.45) is 7.65. The quantitative estimate of drug-likeness (QED) is 0.588. The molecular formula is C22H25F2O. The Hall–Kier alpha value is -1.90. The molecule has 0 atom stereocenters. The van der Waals surface area contributed by atoms with Crippen molar-refractivity contribution >= 4 is 0 Å². The monoisotopic (exact) mass is 343 g/mol. The van der Waals surface area contributed by atoms with Gasteiger partial charge in [-0.15, -0.1) is 0 Å².